The van der Waals surface area contributed by atoms with Crippen LogP contribution in [0.15, 0.2) is 29.4 Å². The molecular formula is C33H45N8O11S4+. The molecule has 4 rings (SSSR count). The van der Waals surface area contributed by atoms with Gasteiger partial charge >= 0.3 is 12.0 Å². The second-order valence-corrected chi connectivity index (χ2v) is 18.7. The number of fused-ring (bicyclic) bond motifs is 1. The molecule has 6 N–H and O–H groups in total. The van der Waals surface area contributed by atoms with E-state index in [4.69, 9.17) is 14.9 Å². The molecule has 3 saturated heterocycles. The minimum Gasteiger partial charge on any atom is -0.353 e. The van der Waals surface area contributed by atoms with E-state index in [0.29, 0.717) is 55.2 Å². The van der Waals surface area contributed by atoms with Crippen molar-refractivity contribution in [1.29, 1.82) is 5.53 Å². The number of rotatable bonds is 24. The molecule has 1 aromatic carbocycles. The van der Waals surface area contributed by atoms with Crippen LogP contribution in [0.2, 0.25) is 0 Å². The monoisotopic (exact) mass is 857 g/mol. The van der Waals surface area contributed by atoms with E-state index >= 15 is 0 Å². The van der Waals surface area contributed by atoms with Crippen LogP contribution in [-0.2, 0) is 38.9 Å². The number of ketones is 1. The van der Waals surface area contributed by atoms with Gasteiger partial charge in [0, 0.05) is 47.5 Å². The molecular weight excluding hydrogens is 813 g/mol. The van der Waals surface area contributed by atoms with Gasteiger partial charge in [-0.3, -0.25) is 28.5 Å². The van der Waals surface area contributed by atoms with Gasteiger partial charge in [0.15, 0.2) is 16.1 Å². The van der Waals surface area contributed by atoms with E-state index in [0.717, 1.165) is 25.0 Å². The van der Waals surface area contributed by atoms with Gasteiger partial charge in [-0.2, -0.15) is 20.2 Å². The van der Waals surface area contributed by atoms with Gasteiger partial charge in [-0.25, -0.2) is 9.59 Å². The van der Waals surface area contributed by atoms with Crippen molar-refractivity contribution in [1.82, 2.24) is 31.2 Å². The maximum Gasteiger partial charge on any atom is 0.334 e. The van der Waals surface area contributed by atoms with Crippen molar-refractivity contribution in [3.8, 4) is 0 Å². The normalized spacial score (nSPS) is 20.7. The molecule has 306 valence electrons. The highest BCUT2D eigenvalue weighted by Crippen LogP contribution is 2.33. The lowest BCUT2D eigenvalue weighted by Gasteiger charge is -2.18. The molecule has 0 radical (unpaired) electrons. The first-order chi connectivity index (χ1) is 26.8. The largest absolute Gasteiger partial charge is 0.353 e. The van der Waals surface area contributed by atoms with Crippen molar-refractivity contribution in [2.45, 2.75) is 99.3 Å². The van der Waals surface area contributed by atoms with E-state index in [2.05, 4.69) is 31.3 Å². The first kappa shape index (κ1) is 44.7. The molecule has 5 unspecified atom stereocenters. The van der Waals surface area contributed by atoms with Gasteiger partial charge < -0.3 is 26.1 Å². The third-order valence-electron chi connectivity index (χ3n) is 9.07. The number of benzene rings is 1. The summed E-state index contributed by atoms with van der Waals surface area (Å²) >= 11 is 1.86. The average molecular weight is 858 g/mol. The fourth-order valence-electron chi connectivity index (χ4n) is 6.17. The molecule has 0 spiro atoms. The number of imide groups is 1. The maximum atomic E-state index is 13.2. The summed E-state index contributed by atoms with van der Waals surface area (Å²) in [6.07, 6.45) is 4.81. The van der Waals surface area contributed by atoms with E-state index in [1.54, 1.807) is 0 Å². The third-order valence-corrected chi connectivity index (χ3v) is 14.1. The van der Waals surface area contributed by atoms with E-state index in [9.17, 15) is 42.0 Å². The SMILES string of the molecule is N=[N+]=Nc1ccc(C(=O)NC(CCCCCC(=O)CCCCC2SCC3NC(=O)NC32)C(=O)NCCSSCCC(=O)ON2C(=O)CC(S(=O)(=O)O)C2=O)cc1. The van der Waals surface area contributed by atoms with Crippen molar-refractivity contribution in [2.24, 2.45) is 5.11 Å². The summed E-state index contributed by atoms with van der Waals surface area (Å²) in [5.74, 6) is -2.50. The Morgan fingerprint density at radius 2 is 1.73 bits per heavy atom. The van der Waals surface area contributed by atoms with Crippen molar-refractivity contribution in [2.75, 3.05) is 23.8 Å². The van der Waals surface area contributed by atoms with Crippen molar-refractivity contribution in [3.05, 3.63) is 29.8 Å². The number of thioether (sulfide) groups is 1. The van der Waals surface area contributed by atoms with Crippen LogP contribution < -0.4 is 26.2 Å². The van der Waals surface area contributed by atoms with Gasteiger partial charge in [0.2, 0.25) is 10.8 Å². The topological polar surface area (TPSA) is 285 Å². The first-order valence-electron chi connectivity index (χ1n) is 18.0. The van der Waals surface area contributed by atoms with Gasteiger partial charge in [0.1, 0.15) is 17.4 Å². The minimum absolute atomic E-state index is 0.0504. The number of hydroxylamine groups is 2. The Morgan fingerprint density at radius 3 is 2.43 bits per heavy atom. The van der Waals surface area contributed by atoms with Crippen molar-refractivity contribution >= 4 is 90.6 Å². The molecule has 19 nitrogen and oxygen atoms in total. The summed E-state index contributed by atoms with van der Waals surface area (Å²) in [7, 11) is -2.25. The number of hydrogen-bond donors (Lipinski definition) is 6. The quantitative estimate of drug-likeness (QED) is 0.0166. The second kappa shape index (κ2) is 22.1. The van der Waals surface area contributed by atoms with Crippen LogP contribution in [0, 0.1) is 5.53 Å². The lowest BCUT2D eigenvalue weighted by molar-refractivity contribution is -0.197. The molecule has 5 atom stereocenters. The van der Waals surface area contributed by atoms with E-state index in [-0.39, 0.29) is 53.2 Å². The van der Waals surface area contributed by atoms with Crippen LogP contribution in [0.3, 0.4) is 0 Å². The second-order valence-electron chi connectivity index (χ2n) is 13.2. The van der Waals surface area contributed by atoms with Crippen LogP contribution in [0.25, 0.3) is 0 Å². The predicted octanol–water partition coefficient (Wildman–Crippen LogP) is 2.57. The summed E-state index contributed by atoms with van der Waals surface area (Å²) in [4.78, 5) is 93.9. The zero-order chi connectivity index (χ0) is 40.7. The highest BCUT2D eigenvalue weighted by atomic mass is 33.1. The molecule has 6 amide bonds. The lowest BCUT2D eigenvalue weighted by Crippen LogP contribution is -2.47. The number of nitrogens with zero attached hydrogens (tertiary/aromatic N) is 3. The molecule has 3 aliphatic rings. The van der Waals surface area contributed by atoms with Gasteiger partial charge in [0.05, 0.1) is 24.9 Å². The predicted molar refractivity (Wildman–Crippen MR) is 207 cm³/mol. The number of urea groups is 1. The smallest absolute Gasteiger partial charge is 0.334 e. The van der Waals surface area contributed by atoms with Gasteiger partial charge in [-0.1, -0.05) is 40.9 Å². The Kier molecular flexibility index (Phi) is 17.6. The highest BCUT2D eigenvalue weighted by molar-refractivity contribution is 8.76. The van der Waals surface area contributed by atoms with Gasteiger partial charge in [-0.15, -0.1) is 5.06 Å². The van der Waals surface area contributed by atoms with Gasteiger partial charge in [-0.05, 0) is 49.9 Å². The van der Waals surface area contributed by atoms with Crippen molar-refractivity contribution in [3.63, 3.8) is 0 Å². The molecule has 0 aliphatic carbocycles. The average Bonchev–Trinajstić information content (AvgIpc) is 3.80. The maximum absolute atomic E-state index is 13.2. The fraction of sp³-hybridized carbons (Fsp3) is 0.606. The number of hydrogen-bond acceptors (Lipinski definition) is 15. The molecule has 23 heteroatoms. The van der Waals surface area contributed by atoms with Crippen LogP contribution >= 0.6 is 33.3 Å². The Morgan fingerprint density at radius 1 is 1.02 bits per heavy atom. The number of Topliss-reactive ketones (excluding diaryl/α,β-unsaturated/α-hetero) is 1. The van der Waals surface area contributed by atoms with Gasteiger partial charge in [0.25, 0.3) is 27.8 Å². The zero-order valence-electron chi connectivity index (χ0n) is 30.3. The Labute approximate surface area is 335 Å². The Hall–Kier alpha value is -4.02. The van der Waals surface area contributed by atoms with Crippen LogP contribution in [0.1, 0.15) is 81.0 Å². The summed E-state index contributed by atoms with van der Waals surface area (Å²) in [6, 6.07) is 5.43. The Balaban J connectivity index is 1.13. The minimum atomic E-state index is -4.83. The lowest BCUT2D eigenvalue weighted by atomic mass is 10.0. The molecule has 56 heavy (non-hydrogen) atoms. The number of amides is 6. The zero-order valence-corrected chi connectivity index (χ0v) is 33.6. The molecule has 1 aromatic rings. The molecule has 0 saturated carbocycles. The summed E-state index contributed by atoms with van der Waals surface area (Å²) < 4.78 is 31.6. The molecule has 3 heterocycles. The molecule has 3 aliphatic heterocycles. The standard InChI is InChI=1S/C33H44N8O11S4/c34-40-39-21-12-10-20(11-13-21)30(45)36-23(8-3-1-2-6-22(42)7-4-5-9-25-29-24(19-53-25)37-33(48)38-29)31(46)35-15-17-55-54-16-14-28(44)52-41-27(43)18-26(32(41)47)56(49,50)51/h10-13,23-26,29,34H,1-9,14-19H2,(H4-,35,36,37,38,45,46,48,49,50,51)/p+1. The number of carbonyl (C=O) groups is 7. The van der Waals surface area contributed by atoms with E-state index in [1.807, 2.05) is 11.8 Å². The fourth-order valence-corrected chi connectivity index (χ4v) is 10.3. The molecule has 3 fully saturated rings. The highest BCUT2D eigenvalue weighted by Gasteiger charge is 2.48. The summed E-state index contributed by atoms with van der Waals surface area (Å²) in [5.41, 5.74) is 7.53. The molecule has 0 bridgehead atoms. The Bertz CT molecular complexity index is 1780. The summed E-state index contributed by atoms with van der Waals surface area (Å²) in [6.45, 7) is 0.231. The number of nitrogens with one attached hydrogen (secondary N) is 5. The van der Waals surface area contributed by atoms with E-state index in [1.165, 1.54) is 45.9 Å². The van der Waals surface area contributed by atoms with Crippen molar-refractivity contribution < 1.29 is 51.4 Å². The first-order valence-corrected chi connectivity index (χ1v) is 23.1. The van der Waals surface area contributed by atoms with Crippen LogP contribution in [0.5, 0.6) is 0 Å². The summed E-state index contributed by atoms with van der Waals surface area (Å²) in [5, 5.41) is 13.5. The van der Waals surface area contributed by atoms with Crippen LogP contribution in [0.4, 0.5) is 10.5 Å². The number of carbonyl (C=O) groups excluding carboxylic acids is 7. The number of unbranched alkanes of at least 4 members (excludes halogenated alkanes) is 3. The molecule has 0 aromatic heterocycles. The van der Waals surface area contributed by atoms with E-state index < -0.39 is 57.4 Å². The third kappa shape index (κ3) is 13.9. The van der Waals surface area contributed by atoms with Crippen LogP contribution in [-0.4, -0.2) is 112 Å².